The zero-order chi connectivity index (χ0) is 13.3. The van der Waals surface area contributed by atoms with Gasteiger partial charge in [0.25, 0.3) is 0 Å². The number of aliphatic imine (C=N–C) groups is 1. The summed E-state index contributed by atoms with van der Waals surface area (Å²) in [5.41, 5.74) is 7.25. The fourth-order valence-electron chi connectivity index (χ4n) is 2.57. The molecule has 0 fully saturated rings. The van der Waals surface area contributed by atoms with Gasteiger partial charge in [0.15, 0.2) is 5.96 Å². The van der Waals surface area contributed by atoms with Gasteiger partial charge in [-0.25, -0.2) is 0 Å². The van der Waals surface area contributed by atoms with Crippen molar-refractivity contribution in [2.45, 2.75) is 38.8 Å². The number of nitrogens with zero attached hydrogens (tertiary/aromatic N) is 2. The van der Waals surface area contributed by atoms with E-state index in [1.54, 1.807) is 0 Å². The molecule has 3 nitrogen and oxygen atoms in total. The van der Waals surface area contributed by atoms with Crippen LogP contribution >= 0.6 is 22.6 Å². The summed E-state index contributed by atoms with van der Waals surface area (Å²) in [7, 11) is 0. The molecule has 1 heterocycles. The molecule has 0 amide bonds. The summed E-state index contributed by atoms with van der Waals surface area (Å²) in [6.07, 6.45) is 1.07. The molecule has 1 aromatic rings. The van der Waals surface area contributed by atoms with Gasteiger partial charge in [0.05, 0.1) is 12.1 Å². The SMILES string of the molecule is CCC(C)N1C(N)=NCC1(C)c1ccc(I)cc1. The predicted molar refractivity (Wildman–Crippen MR) is 84.6 cm³/mol. The standard InChI is InChI=1S/C14H20IN3/c1-4-10(2)18-13(16)17-9-14(18,3)11-5-7-12(15)8-6-11/h5-8,10H,4,9H2,1-3H3,(H2,16,17). The molecule has 0 bridgehead atoms. The molecule has 2 atom stereocenters. The van der Waals surface area contributed by atoms with E-state index < -0.39 is 0 Å². The molecule has 0 saturated heterocycles. The van der Waals surface area contributed by atoms with Crippen molar-refractivity contribution in [2.75, 3.05) is 6.54 Å². The van der Waals surface area contributed by atoms with Crippen molar-refractivity contribution in [3.05, 3.63) is 33.4 Å². The Balaban J connectivity index is 2.38. The first-order chi connectivity index (χ1) is 8.49. The molecular formula is C14H20IN3. The van der Waals surface area contributed by atoms with Crippen molar-refractivity contribution in [2.24, 2.45) is 10.7 Å². The van der Waals surface area contributed by atoms with Crippen molar-refractivity contribution in [1.29, 1.82) is 0 Å². The molecule has 4 heteroatoms. The lowest BCUT2D eigenvalue weighted by Crippen LogP contribution is -2.51. The first-order valence-corrected chi connectivity index (χ1v) is 7.42. The maximum atomic E-state index is 6.07. The summed E-state index contributed by atoms with van der Waals surface area (Å²) < 4.78 is 1.25. The average molecular weight is 357 g/mol. The predicted octanol–water partition coefficient (Wildman–Crippen LogP) is 2.94. The van der Waals surface area contributed by atoms with Gasteiger partial charge in [-0.3, -0.25) is 4.99 Å². The zero-order valence-electron chi connectivity index (χ0n) is 11.2. The minimum Gasteiger partial charge on any atom is -0.370 e. The highest BCUT2D eigenvalue weighted by molar-refractivity contribution is 14.1. The molecular weight excluding hydrogens is 337 g/mol. The molecule has 1 aromatic carbocycles. The molecule has 0 aromatic heterocycles. The van der Waals surface area contributed by atoms with Crippen LogP contribution in [0, 0.1) is 3.57 Å². The second kappa shape index (κ2) is 5.07. The monoisotopic (exact) mass is 357 g/mol. The first kappa shape index (κ1) is 13.6. The lowest BCUT2D eigenvalue weighted by molar-refractivity contribution is 0.171. The highest BCUT2D eigenvalue weighted by Crippen LogP contribution is 2.35. The largest absolute Gasteiger partial charge is 0.370 e. The van der Waals surface area contributed by atoms with Crippen molar-refractivity contribution >= 4 is 28.6 Å². The van der Waals surface area contributed by atoms with E-state index in [0.717, 1.165) is 13.0 Å². The van der Waals surface area contributed by atoms with Crippen LogP contribution in [0.25, 0.3) is 0 Å². The minimum atomic E-state index is -0.107. The van der Waals surface area contributed by atoms with Gasteiger partial charge in [-0.2, -0.15) is 0 Å². The second-order valence-electron chi connectivity index (χ2n) is 5.08. The number of nitrogens with two attached hydrogens (primary N) is 1. The molecule has 2 unspecified atom stereocenters. The Bertz CT molecular complexity index is 455. The van der Waals surface area contributed by atoms with Gasteiger partial charge in [-0.1, -0.05) is 19.1 Å². The molecule has 1 aliphatic heterocycles. The number of guanidine groups is 1. The maximum absolute atomic E-state index is 6.07. The lowest BCUT2D eigenvalue weighted by Gasteiger charge is -2.40. The van der Waals surface area contributed by atoms with Crippen LogP contribution in [0.3, 0.4) is 0 Å². The number of hydrogen-bond donors (Lipinski definition) is 1. The summed E-state index contributed by atoms with van der Waals surface area (Å²) >= 11 is 2.33. The molecule has 0 saturated carbocycles. The summed E-state index contributed by atoms with van der Waals surface area (Å²) in [5, 5.41) is 0. The van der Waals surface area contributed by atoms with E-state index in [0.29, 0.717) is 12.0 Å². The highest BCUT2D eigenvalue weighted by atomic mass is 127. The van der Waals surface area contributed by atoms with Crippen LogP contribution in [0.2, 0.25) is 0 Å². The topological polar surface area (TPSA) is 41.6 Å². The van der Waals surface area contributed by atoms with Crippen LogP contribution in [0.1, 0.15) is 32.8 Å². The molecule has 98 valence electrons. The van der Waals surface area contributed by atoms with E-state index in [9.17, 15) is 0 Å². The van der Waals surface area contributed by atoms with Crippen LogP contribution in [-0.4, -0.2) is 23.4 Å². The fraction of sp³-hybridized carbons (Fsp3) is 0.500. The lowest BCUT2D eigenvalue weighted by atomic mass is 9.89. The zero-order valence-corrected chi connectivity index (χ0v) is 13.3. The number of benzene rings is 1. The molecule has 2 rings (SSSR count). The molecule has 0 radical (unpaired) electrons. The van der Waals surface area contributed by atoms with E-state index in [4.69, 9.17) is 5.73 Å². The summed E-state index contributed by atoms with van der Waals surface area (Å²) in [5.74, 6) is 0.672. The van der Waals surface area contributed by atoms with Crippen LogP contribution in [0.15, 0.2) is 29.3 Å². The van der Waals surface area contributed by atoms with Crippen molar-refractivity contribution < 1.29 is 0 Å². The van der Waals surface area contributed by atoms with Gasteiger partial charge in [0.1, 0.15) is 0 Å². The van der Waals surface area contributed by atoms with E-state index in [1.807, 2.05) is 0 Å². The summed E-state index contributed by atoms with van der Waals surface area (Å²) in [6, 6.07) is 9.06. The van der Waals surface area contributed by atoms with Crippen molar-refractivity contribution in [1.82, 2.24) is 4.90 Å². The molecule has 2 N–H and O–H groups in total. The normalized spacial score (nSPS) is 25.1. The van der Waals surface area contributed by atoms with Crippen LogP contribution < -0.4 is 5.73 Å². The molecule has 0 aliphatic carbocycles. The summed E-state index contributed by atoms with van der Waals surface area (Å²) in [6.45, 7) is 7.36. The van der Waals surface area contributed by atoms with E-state index in [2.05, 4.69) is 77.5 Å². The van der Waals surface area contributed by atoms with Gasteiger partial charge in [-0.05, 0) is 60.6 Å². The molecule has 1 aliphatic rings. The van der Waals surface area contributed by atoms with Gasteiger partial charge in [0.2, 0.25) is 0 Å². The Kier molecular flexibility index (Phi) is 3.84. The van der Waals surface area contributed by atoms with E-state index in [1.165, 1.54) is 9.13 Å². The Morgan fingerprint density at radius 3 is 2.61 bits per heavy atom. The van der Waals surface area contributed by atoms with Gasteiger partial charge < -0.3 is 10.6 Å². The molecule has 0 spiro atoms. The van der Waals surface area contributed by atoms with E-state index >= 15 is 0 Å². The third-order valence-corrected chi connectivity index (χ3v) is 4.54. The van der Waals surface area contributed by atoms with Gasteiger partial charge in [-0.15, -0.1) is 0 Å². The quantitative estimate of drug-likeness (QED) is 0.846. The Morgan fingerprint density at radius 1 is 1.44 bits per heavy atom. The number of hydrogen-bond acceptors (Lipinski definition) is 3. The van der Waals surface area contributed by atoms with Crippen LogP contribution in [0.4, 0.5) is 0 Å². The fourth-order valence-corrected chi connectivity index (χ4v) is 2.93. The Labute approximate surface area is 123 Å². The van der Waals surface area contributed by atoms with Crippen LogP contribution in [-0.2, 0) is 5.54 Å². The third-order valence-electron chi connectivity index (χ3n) is 3.83. The van der Waals surface area contributed by atoms with Gasteiger partial charge >= 0.3 is 0 Å². The van der Waals surface area contributed by atoms with Crippen molar-refractivity contribution in [3.8, 4) is 0 Å². The molecule has 18 heavy (non-hydrogen) atoms. The number of rotatable bonds is 3. The Morgan fingerprint density at radius 2 is 2.06 bits per heavy atom. The summed E-state index contributed by atoms with van der Waals surface area (Å²) in [4.78, 5) is 6.72. The average Bonchev–Trinajstić information content (AvgIpc) is 2.66. The Hall–Kier alpha value is -0.780. The highest BCUT2D eigenvalue weighted by Gasteiger charge is 2.41. The third kappa shape index (κ3) is 2.22. The van der Waals surface area contributed by atoms with Crippen molar-refractivity contribution in [3.63, 3.8) is 0 Å². The first-order valence-electron chi connectivity index (χ1n) is 6.34. The smallest absolute Gasteiger partial charge is 0.192 e. The minimum absolute atomic E-state index is 0.107. The maximum Gasteiger partial charge on any atom is 0.192 e. The van der Waals surface area contributed by atoms with Crippen LogP contribution in [0.5, 0.6) is 0 Å². The van der Waals surface area contributed by atoms with E-state index in [-0.39, 0.29) is 5.54 Å². The second-order valence-corrected chi connectivity index (χ2v) is 6.33. The number of halogens is 1. The van der Waals surface area contributed by atoms with Gasteiger partial charge in [0, 0.05) is 9.61 Å².